The second kappa shape index (κ2) is 14.0. The molecule has 2 saturated heterocycles. The van der Waals surface area contributed by atoms with Crippen molar-refractivity contribution in [2.24, 2.45) is 0 Å². The van der Waals surface area contributed by atoms with Crippen LogP contribution in [0.1, 0.15) is 42.7 Å². The molecule has 3 amide bonds. The largest absolute Gasteiger partial charge is 0.369 e. The maximum absolute atomic E-state index is 13.3. The average Bonchev–Trinajstić information content (AvgIpc) is 2.92. The zero-order valence-electron chi connectivity index (χ0n) is 22.5. The zero-order chi connectivity index (χ0) is 26.7. The quantitative estimate of drug-likeness (QED) is 0.649. The maximum Gasteiger partial charge on any atom is 0.239 e. The highest BCUT2D eigenvalue weighted by Gasteiger charge is 2.24. The predicted molar refractivity (Wildman–Crippen MR) is 150 cm³/mol. The van der Waals surface area contributed by atoms with Crippen LogP contribution in [0.15, 0.2) is 54.6 Å². The van der Waals surface area contributed by atoms with E-state index in [2.05, 4.69) is 63.8 Å². The second-order valence-electron chi connectivity index (χ2n) is 10.4. The molecule has 204 valence electrons. The Morgan fingerprint density at radius 1 is 0.868 bits per heavy atom. The van der Waals surface area contributed by atoms with Gasteiger partial charge in [0.05, 0.1) is 13.1 Å². The maximum atomic E-state index is 13.3. The molecule has 38 heavy (non-hydrogen) atoms. The fourth-order valence-corrected chi connectivity index (χ4v) is 5.28. The Labute approximate surface area is 226 Å². The summed E-state index contributed by atoms with van der Waals surface area (Å²) in [4.78, 5) is 44.6. The van der Waals surface area contributed by atoms with Crippen molar-refractivity contribution in [2.75, 3.05) is 63.8 Å². The van der Waals surface area contributed by atoms with Gasteiger partial charge in [0, 0.05) is 57.9 Å². The molecule has 2 aliphatic heterocycles. The Balaban J connectivity index is 1.31. The lowest BCUT2D eigenvalue weighted by Gasteiger charge is -2.36. The SMILES string of the molecule is Cc1cccc(N2CCN(CC(=O)N3CCCNC(=O)CCC(c4ccccc4)CCNC(=O)C3)CC2)c1. The number of aryl methyl sites for hydroxylation is 1. The summed E-state index contributed by atoms with van der Waals surface area (Å²) in [5.41, 5.74) is 3.65. The molecule has 0 aliphatic carbocycles. The van der Waals surface area contributed by atoms with Gasteiger partial charge >= 0.3 is 0 Å². The molecule has 2 heterocycles. The average molecular weight is 520 g/mol. The first-order chi connectivity index (χ1) is 18.5. The van der Waals surface area contributed by atoms with E-state index in [-0.39, 0.29) is 30.2 Å². The lowest BCUT2D eigenvalue weighted by atomic mass is 9.91. The highest BCUT2D eigenvalue weighted by Crippen LogP contribution is 2.24. The van der Waals surface area contributed by atoms with Crippen LogP contribution in [-0.4, -0.2) is 86.4 Å². The molecule has 0 aromatic heterocycles. The number of hydrogen-bond acceptors (Lipinski definition) is 5. The van der Waals surface area contributed by atoms with Gasteiger partial charge in [0.1, 0.15) is 0 Å². The summed E-state index contributed by atoms with van der Waals surface area (Å²) in [6.45, 7) is 7.25. The van der Waals surface area contributed by atoms with Gasteiger partial charge in [-0.2, -0.15) is 0 Å². The van der Waals surface area contributed by atoms with Crippen LogP contribution < -0.4 is 15.5 Å². The van der Waals surface area contributed by atoms with Crippen LogP contribution in [0.3, 0.4) is 0 Å². The third-order valence-corrected chi connectivity index (χ3v) is 7.52. The van der Waals surface area contributed by atoms with Crippen LogP contribution in [0.2, 0.25) is 0 Å². The van der Waals surface area contributed by atoms with Crippen molar-refractivity contribution in [1.29, 1.82) is 0 Å². The number of piperazine rings is 1. The molecule has 8 nitrogen and oxygen atoms in total. The van der Waals surface area contributed by atoms with Gasteiger partial charge < -0.3 is 20.4 Å². The van der Waals surface area contributed by atoms with Crippen molar-refractivity contribution in [3.05, 3.63) is 65.7 Å². The molecule has 8 heteroatoms. The monoisotopic (exact) mass is 519 g/mol. The highest BCUT2D eigenvalue weighted by molar-refractivity contribution is 5.85. The van der Waals surface area contributed by atoms with Gasteiger partial charge in [-0.15, -0.1) is 0 Å². The number of amides is 3. The molecule has 2 aliphatic rings. The number of rotatable bonds is 4. The highest BCUT2D eigenvalue weighted by atomic mass is 16.2. The van der Waals surface area contributed by atoms with Crippen LogP contribution in [0.5, 0.6) is 0 Å². The lowest BCUT2D eigenvalue weighted by Crippen LogP contribution is -2.51. The van der Waals surface area contributed by atoms with Gasteiger partial charge in [0.2, 0.25) is 17.7 Å². The third kappa shape index (κ3) is 8.31. The van der Waals surface area contributed by atoms with Crippen LogP contribution in [0.25, 0.3) is 0 Å². The lowest BCUT2D eigenvalue weighted by molar-refractivity contribution is -0.137. The standard InChI is InChI=1S/C30H41N5O3/c1-24-7-5-10-27(21-24)34-19-17-33(18-20-34)23-30(38)35-16-6-14-31-28(36)12-11-26(13-15-32-29(37)22-35)25-8-3-2-4-9-25/h2-5,7-10,21,26H,6,11-20,22-23H2,1H3,(H,31,36)(H,32,37). The second-order valence-corrected chi connectivity index (χ2v) is 10.4. The first kappa shape index (κ1) is 27.6. The number of carbonyl (C=O) groups excluding carboxylic acids is 3. The van der Waals surface area contributed by atoms with Gasteiger partial charge in [-0.1, -0.05) is 42.5 Å². The van der Waals surface area contributed by atoms with Crippen molar-refractivity contribution in [1.82, 2.24) is 20.4 Å². The molecule has 0 spiro atoms. The third-order valence-electron chi connectivity index (χ3n) is 7.52. The van der Waals surface area contributed by atoms with Crippen molar-refractivity contribution in [2.45, 2.75) is 38.5 Å². The Morgan fingerprint density at radius 2 is 1.63 bits per heavy atom. The summed E-state index contributed by atoms with van der Waals surface area (Å²) >= 11 is 0. The summed E-state index contributed by atoms with van der Waals surface area (Å²) < 4.78 is 0. The normalized spacial score (nSPS) is 20.8. The van der Waals surface area contributed by atoms with Gasteiger partial charge in [0.25, 0.3) is 0 Å². The fraction of sp³-hybridized carbons (Fsp3) is 0.500. The van der Waals surface area contributed by atoms with E-state index >= 15 is 0 Å². The van der Waals surface area contributed by atoms with E-state index in [1.165, 1.54) is 16.8 Å². The molecule has 1 unspecified atom stereocenters. The van der Waals surface area contributed by atoms with E-state index in [1.807, 2.05) is 18.2 Å². The van der Waals surface area contributed by atoms with Crippen molar-refractivity contribution >= 4 is 23.4 Å². The predicted octanol–water partition coefficient (Wildman–Crippen LogP) is 2.54. The molecule has 1 atom stereocenters. The minimum absolute atomic E-state index is 0.0373. The molecule has 2 aromatic carbocycles. The summed E-state index contributed by atoms with van der Waals surface area (Å²) in [6, 6.07) is 18.7. The number of hydrogen-bond donors (Lipinski definition) is 2. The van der Waals surface area contributed by atoms with E-state index in [0.717, 1.165) is 39.0 Å². The Kier molecular flexibility index (Phi) is 10.1. The number of nitrogens with one attached hydrogen (secondary N) is 2. The number of benzene rings is 2. The van der Waals surface area contributed by atoms with Crippen LogP contribution >= 0.6 is 0 Å². The van der Waals surface area contributed by atoms with Gasteiger partial charge in [0.15, 0.2) is 0 Å². The van der Waals surface area contributed by atoms with Crippen molar-refractivity contribution in [3.63, 3.8) is 0 Å². The molecule has 0 bridgehead atoms. The molecular formula is C30H41N5O3. The molecule has 2 fully saturated rings. The summed E-state index contributed by atoms with van der Waals surface area (Å²) in [5.74, 6) is 0.0676. The molecule has 4 rings (SSSR count). The van der Waals surface area contributed by atoms with E-state index in [0.29, 0.717) is 39.0 Å². The van der Waals surface area contributed by atoms with Crippen molar-refractivity contribution in [3.8, 4) is 0 Å². The number of nitrogens with zero attached hydrogens (tertiary/aromatic N) is 3. The molecule has 2 aromatic rings. The summed E-state index contributed by atoms with van der Waals surface area (Å²) in [6.07, 6.45) is 2.56. The van der Waals surface area contributed by atoms with E-state index in [9.17, 15) is 14.4 Å². The van der Waals surface area contributed by atoms with E-state index < -0.39 is 0 Å². The summed E-state index contributed by atoms with van der Waals surface area (Å²) in [7, 11) is 0. The topological polar surface area (TPSA) is 85.0 Å². The minimum atomic E-state index is -0.129. The van der Waals surface area contributed by atoms with Gasteiger partial charge in [-0.05, 0) is 55.4 Å². The van der Waals surface area contributed by atoms with E-state index in [4.69, 9.17) is 0 Å². The van der Waals surface area contributed by atoms with Crippen LogP contribution in [-0.2, 0) is 14.4 Å². The zero-order valence-corrected chi connectivity index (χ0v) is 22.5. The van der Waals surface area contributed by atoms with Gasteiger partial charge in [-0.25, -0.2) is 0 Å². The number of anilines is 1. The fourth-order valence-electron chi connectivity index (χ4n) is 5.28. The number of carbonyl (C=O) groups is 3. The molecular weight excluding hydrogens is 478 g/mol. The molecule has 2 N–H and O–H groups in total. The smallest absolute Gasteiger partial charge is 0.239 e. The Hall–Kier alpha value is -3.39. The van der Waals surface area contributed by atoms with E-state index in [1.54, 1.807) is 4.90 Å². The first-order valence-electron chi connectivity index (χ1n) is 13.9. The first-order valence-corrected chi connectivity index (χ1v) is 13.9. The molecule has 0 saturated carbocycles. The van der Waals surface area contributed by atoms with Crippen LogP contribution in [0, 0.1) is 6.92 Å². The van der Waals surface area contributed by atoms with Crippen molar-refractivity contribution < 1.29 is 14.4 Å². The Morgan fingerprint density at radius 3 is 2.39 bits per heavy atom. The molecule has 0 radical (unpaired) electrons. The minimum Gasteiger partial charge on any atom is -0.369 e. The summed E-state index contributed by atoms with van der Waals surface area (Å²) in [5, 5.41) is 6.00. The Bertz CT molecular complexity index is 1070. The van der Waals surface area contributed by atoms with Gasteiger partial charge in [-0.3, -0.25) is 19.3 Å². The van der Waals surface area contributed by atoms with Crippen LogP contribution in [0.4, 0.5) is 5.69 Å².